The second kappa shape index (κ2) is 7.44. The maximum atomic E-state index is 13.2. The molecular weight excluding hydrogens is 364 g/mol. The van der Waals surface area contributed by atoms with Gasteiger partial charge in [0.05, 0.1) is 18.1 Å². The Morgan fingerprint density at radius 2 is 1.89 bits per heavy atom. The third-order valence-electron chi connectivity index (χ3n) is 4.44. The zero-order valence-corrected chi connectivity index (χ0v) is 16.7. The monoisotopic (exact) mass is 390 g/mol. The first-order valence-electron chi connectivity index (χ1n) is 9.12. The SMILES string of the molecule is CC(C)(C)NC(=O)C1CCCCN1S(=O)(=O)c1cnn(-c2ccccc2)c1. The van der Waals surface area contributed by atoms with Crippen LogP contribution in [0.25, 0.3) is 5.69 Å². The van der Waals surface area contributed by atoms with Gasteiger partial charge in [-0.15, -0.1) is 0 Å². The molecule has 2 heterocycles. The quantitative estimate of drug-likeness (QED) is 0.868. The summed E-state index contributed by atoms with van der Waals surface area (Å²) < 4.78 is 29.3. The first-order valence-corrected chi connectivity index (χ1v) is 10.6. The van der Waals surface area contributed by atoms with E-state index in [0.29, 0.717) is 13.0 Å². The Hall–Kier alpha value is -2.19. The van der Waals surface area contributed by atoms with Crippen LogP contribution in [0.4, 0.5) is 0 Å². The van der Waals surface area contributed by atoms with E-state index in [0.717, 1.165) is 18.5 Å². The van der Waals surface area contributed by atoms with E-state index >= 15 is 0 Å². The van der Waals surface area contributed by atoms with E-state index in [1.54, 1.807) is 0 Å². The lowest BCUT2D eigenvalue weighted by Crippen LogP contribution is -2.55. The van der Waals surface area contributed by atoms with Gasteiger partial charge in [0.25, 0.3) is 0 Å². The number of amides is 1. The fourth-order valence-electron chi connectivity index (χ4n) is 3.20. The maximum absolute atomic E-state index is 13.2. The highest BCUT2D eigenvalue weighted by Crippen LogP contribution is 2.26. The van der Waals surface area contributed by atoms with Crippen molar-refractivity contribution in [1.29, 1.82) is 0 Å². The van der Waals surface area contributed by atoms with Crippen LogP contribution in [0.5, 0.6) is 0 Å². The van der Waals surface area contributed by atoms with Gasteiger partial charge in [-0.05, 0) is 45.7 Å². The Balaban J connectivity index is 1.88. The van der Waals surface area contributed by atoms with Crippen molar-refractivity contribution in [2.75, 3.05) is 6.54 Å². The minimum absolute atomic E-state index is 0.0989. The number of nitrogens with one attached hydrogen (secondary N) is 1. The average Bonchev–Trinajstić information content (AvgIpc) is 3.12. The van der Waals surface area contributed by atoms with Gasteiger partial charge in [-0.2, -0.15) is 9.40 Å². The van der Waals surface area contributed by atoms with Gasteiger partial charge in [-0.1, -0.05) is 24.6 Å². The summed E-state index contributed by atoms with van der Waals surface area (Å²) in [5.41, 5.74) is 0.363. The molecule has 8 heteroatoms. The van der Waals surface area contributed by atoms with Gasteiger partial charge in [0.15, 0.2) is 0 Å². The number of carbonyl (C=O) groups is 1. The fourth-order valence-corrected chi connectivity index (χ4v) is 4.79. The molecule has 1 aromatic carbocycles. The Bertz CT molecular complexity index is 901. The average molecular weight is 391 g/mol. The van der Waals surface area contributed by atoms with Gasteiger partial charge in [0.2, 0.25) is 15.9 Å². The summed E-state index contributed by atoms with van der Waals surface area (Å²) in [6, 6.07) is 8.62. The van der Waals surface area contributed by atoms with Gasteiger partial charge in [-0.3, -0.25) is 4.79 Å². The predicted molar refractivity (Wildman–Crippen MR) is 103 cm³/mol. The molecule has 0 radical (unpaired) electrons. The third kappa shape index (κ3) is 4.39. The Labute approximate surface area is 160 Å². The Morgan fingerprint density at radius 1 is 1.19 bits per heavy atom. The predicted octanol–water partition coefficient (Wildman–Crippen LogP) is 2.33. The lowest BCUT2D eigenvalue weighted by Gasteiger charge is -2.35. The molecule has 1 unspecified atom stereocenters. The molecule has 146 valence electrons. The molecule has 0 saturated carbocycles. The van der Waals surface area contributed by atoms with Gasteiger partial charge in [-0.25, -0.2) is 13.1 Å². The van der Waals surface area contributed by atoms with E-state index in [-0.39, 0.29) is 10.8 Å². The van der Waals surface area contributed by atoms with E-state index in [2.05, 4.69) is 10.4 Å². The standard InChI is InChI=1S/C19H26N4O3S/c1-19(2,3)21-18(24)17-11-7-8-12-23(17)27(25,26)16-13-20-22(14-16)15-9-5-4-6-10-15/h4-6,9-10,13-14,17H,7-8,11-12H2,1-3H3,(H,21,24). The van der Waals surface area contributed by atoms with Crippen LogP contribution in [0.1, 0.15) is 40.0 Å². The number of sulfonamides is 1. The largest absolute Gasteiger partial charge is 0.350 e. The highest BCUT2D eigenvalue weighted by Gasteiger charge is 2.39. The molecule has 1 aromatic heterocycles. The molecule has 3 rings (SSSR count). The van der Waals surface area contributed by atoms with Crippen molar-refractivity contribution in [2.45, 2.75) is 56.5 Å². The van der Waals surface area contributed by atoms with Gasteiger partial charge < -0.3 is 5.32 Å². The molecular formula is C19H26N4O3S. The molecule has 1 N–H and O–H groups in total. The lowest BCUT2D eigenvalue weighted by molar-refractivity contribution is -0.127. The summed E-state index contributed by atoms with van der Waals surface area (Å²) in [6.07, 6.45) is 4.94. The second-order valence-corrected chi connectivity index (χ2v) is 9.71. The van der Waals surface area contributed by atoms with Crippen LogP contribution in [-0.2, 0) is 14.8 Å². The molecule has 0 bridgehead atoms. The van der Waals surface area contributed by atoms with Gasteiger partial charge in [0.1, 0.15) is 10.9 Å². The molecule has 1 saturated heterocycles. The summed E-state index contributed by atoms with van der Waals surface area (Å²) >= 11 is 0. The summed E-state index contributed by atoms with van der Waals surface area (Å²) in [6.45, 7) is 5.99. The normalized spacial score (nSPS) is 19.0. The minimum Gasteiger partial charge on any atom is -0.350 e. The minimum atomic E-state index is -3.81. The van der Waals surface area contributed by atoms with Crippen molar-refractivity contribution < 1.29 is 13.2 Å². The fraction of sp³-hybridized carbons (Fsp3) is 0.474. The molecule has 1 aliphatic heterocycles. The summed E-state index contributed by atoms with van der Waals surface area (Å²) in [7, 11) is -3.81. The van der Waals surface area contributed by atoms with Crippen LogP contribution in [0.15, 0.2) is 47.6 Å². The van der Waals surface area contributed by atoms with E-state index in [9.17, 15) is 13.2 Å². The number of carbonyl (C=O) groups excluding carboxylic acids is 1. The maximum Gasteiger partial charge on any atom is 0.246 e. The Kier molecular flexibility index (Phi) is 5.39. The van der Waals surface area contributed by atoms with E-state index < -0.39 is 21.6 Å². The second-order valence-electron chi connectivity index (χ2n) is 7.82. The highest BCUT2D eigenvalue weighted by atomic mass is 32.2. The summed E-state index contributed by atoms with van der Waals surface area (Å²) in [4.78, 5) is 12.8. The van der Waals surface area contributed by atoms with E-state index in [1.165, 1.54) is 21.4 Å². The number of hydrogen-bond acceptors (Lipinski definition) is 4. The topological polar surface area (TPSA) is 84.3 Å². The third-order valence-corrected chi connectivity index (χ3v) is 6.30. The van der Waals surface area contributed by atoms with Crippen molar-refractivity contribution in [1.82, 2.24) is 19.4 Å². The van der Waals surface area contributed by atoms with Crippen molar-refractivity contribution >= 4 is 15.9 Å². The first kappa shape index (κ1) is 19.6. The zero-order chi connectivity index (χ0) is 19.7. The number of piperidine rings is 1. The summed E-state index contributed by atoms with van der Waals surface area (Å²) in [5.74, 6) is -0.249. The molecule has 1 atom stereocenters. The smallest absolute Gasteiger partial charge is 0.246 e. The number of hydrogen-bond donors (Lipinski definition) is 1. The number of nitrogens with zero attached hydrogens (tertiary/aromatic N) is 3. The van der Waals surface area contributed by atoms with Crippen LogP contribution in [-0.4, -0.2) is 46.5 Å². The van der Waals surface area contributed by atoms with E-state index in [1.807, 2.05) is 51.1 Å². The first-order chi connectivity index (χ1) is 12.7. The van der Waals surface area contributed by atoms with E-state index in [4.69, 9.17) is 0 Å². The van der Waals surface area contributed by atoms with Crippen LogP contribution in [0.2, 0.25) is 0 Å². The zero-order valence-electron chi connectivity index (χ0n) is 15.9. The van der Waals surface area contributed by atoms with Crippen LogP contribution in [0.3, 0.4) is 0 Å². The van der Waals surface area contributed by atoms with Gasteiger partial charge >= 0.3 is 0 Å². The molecule has 1 fully saturated rings. The Morgan fingerprint density at radius 3 is 2.56 bits per heavy atom. The molecule has 2 aromatic rings. The molecule has 0 aliphatic carbocycles. The molecule has 7 nitrogen and oxygen atoms in total. The van der Waals surface area contributed by atoms with Crippen molar-refractivity contribution in [3.8, 4) is 5.69 Å². The molecule has 1 amide bonds. The molecule has 0 spiro atoms. The number of aromatic nitrogens is 2. The number of para-hydroxylation sites is 1. The van der Waals surface area contributed by atoms with Crippen molar-refractivity contribution in [3.05, 3.63) is 42.7 Å². The molecule has 1 aliphatic rings. The summed E-state index contributed by atoms with van der Waals surface area (Å²) in [5, 5.41) is 7.09. The van der Waals surface area contributed by atoms with Crippen molar-refractivity contribution in [3.63, 3.8) is 0 Å². The van der Waals surface area contributed by atoms with Gasteiger partial charge in [0, 0.05) is 12.1 Å². The number of rotatable bonds is 4. The van der Waals surface area contributed by atoms with Crippen LogP contribution in [0, 0.1) is 0 Å². The van der Waals surface area contributed by atoms with Crippen LogP contribution >= 0.6 is 0 Å². The van der Waals surface area contributed by atoms with Crippen LogP contribution < -0.4 is 5.32 Å². The lowest BCUT2D eigenvalue weighted by atomic mass is 10.0. The highest BCUT2D eigenvalue weighted by molar-refractivity contribution is 7.89. The molecule has 27 heavy (non-hydrogen) atoms. The van der Waals surface area contributed by atoms with Crippen molar-refractivity contribution in [2.24, 2.45) is 0 Å². The number of benzene rings is 1.